The van der Waals surface area contributed by atoms with Crippen molar-refractivity contribution < 1.29 is 9.84 Å². The molecule has 1 aliphatic rings. The predicted octanol–water partition coefficient (Wildman–Crippen LogP) is 2.45. The van der Waals surface area contributed by atoms with Gasteiger partial charge in [-0.25, -0.2) is 0 Å². The van der Waals surface area contributed by atoms with Gasteiger partial charge in [0.1, 0.15) is 0 Å². The molecule has 1 saturated heterocycles. The van der Waals surface area contributed by atoms with E-state index in [1.54, 1.807) is 0 Å². The molecule has 1 aliphatic heterocycles. The maximum absolute atomic E-state index is 9.39. The van der Waals surface area contributed by atoms with Crippen molar-refractivity contribution in [3.8, 4) is 0 Å². The molecule has 1 fully saturated rings. The van der Waals surface area contributed by atoms with Crippen LogP contribution >= 0.6 is 11.6 Å². The van der Waals surface area contributed by atoms with E-state index in [0.29, 0.717) is 5.02 Å². The minimum Gasteiger partial charge on any atom is -0.392 e. The normalized spacial score (nSPS) is 25.1. The molecule has 0 bridgehead atoms. The third-order valence-electron chi connectivity index (χ3n) is 2.97. The van der Waals surface area contributed by atoms with Gasteiger partial charge in [-0.15, -0.1) is 0 Å². The van der Waals surface area contributed by atoms with Crippen molar-refractivity contribution in [1.82, 2.24) is 0 Å². The van der Waals surface area contributed by atoms with Gasteiger partial charge in [0.05, 0.1) is 18.8 Å². The summed E-state index contributed by atoms with van der Waals surface area (Å²) in [6, 6.07) is 5.65. The molecule has 1 heterocycles. The Kier molecular flexibility index (Phi) is 3.92. The van der Waals surface area contributed by atoms with Crippen LogP contribution in [0.15, 0.2) is 18.2 Å². The SMILES string of the molecule is C[C@@H]1CN(c2ccc(Cl)cc2CO)C[C@H](C)O1. The van der Waals surface area contributed by atoms with Crippen molar-refractivity contribution in [2.24, 2.45) is 0 Å². The molecule has 1 aromatic rings. The second kappa shape index (κ2) is 5.25. The van der Waals surface area contributed by atoms with Gasteiger partial charge in [-0.2, -0.15) is 0 Å². The first-order valence-corrected chi connectivity index (χ1v) is 6.27. The largest absolute Gasteiger partial charge is 0.392 e. The van der Waals surface area contributed by atoms with Crippen molar-refractivity contribution in [3.05, 3.63) is 28.8 Å². The number of nitrogens with zero attached hydrogens (tertiary/aromatic N) is 1. The zero-order valence-corrected chi connectivity index (χ0v) is 10.9. The lowest BCUT2D eigenvalue weighted by Crippen LogP contribution is -2.45. The van der Waals surface area contributed by atoms with Crippen molar-refractivity contribution in [1.29, 1.82) is 0 Å². The van der Waals surface area contributed by atoms with E-state index in [-0.39, 0.29) is 18.8 Å². The van der Waals surface area contributed by atoms with Crippen molar-refractivity contribution in [2.75, 3.05) is 18.0 Å². The van der Waals surface area contributed by atoms with Gasteiger partial charge >= 0.3 is 0 Å². The van der Waals surface area contributed by atoms with Crippen LogP contribution in [0.3, 0.4) is 0 Å². The highest BCUT2D eigenvalue weighted by Gasteiger charge is 2.23. The molecule has 0 aliphatic carbocycles. The Morgan fingerprint density at radius 3 is 2.59 bits per heavy atom. The number of ether oxygens (including phenoxy) is 1. The Hall–Kier alpha value is -0.770. The summed E-state index contributed by atoms with van der Waals surface area (Å²) in [5, 5.41) is 10.0. The number of rotatable bonds is 2. The highest BCUT2D eigenvalue weighted by molar-refractivity contribution is 6.30. The molecule has 94 valence electrons. The van der Waals surface area contributed by atoms with Gasteiger partial charge in [0.25, 0.3) is 0 Å². The van der Waals surface area contributed by atoms with Gasteiger partial charge in [-0.3, -0.25) is 0 Å². The first-order chi connectivity index (χ1) is 8.10. The molecule has 3 nitrogen and oxygen atoms in total. The highest BCUT2D eigenvalue weighted by Crippen LogP contribution is 2.27. The van der Waals surface area contributed by atoms with Crippen LogP contribution in [-0.2, 0) is 11.3 Å². The molecular formula is C13H18ClNO2. The topological polar surface area (TPSA) is 32.7 Å². The molecule has 2 atom stereocenters. The van der Waals surface area contributed by atoms with E-state index >= 15 is 0 Å². The van der Waals surface area contributed by atoms with Gasteiger partial charge in [-0.1, -0.05) is 11.6 Å². The van der Waals surface area contributed by atoms with Gasteiger partial charge in [-0.05, 0) is 32.0 Å². The van der Waals surface area contributed by atoms with Crippen molar-refractivity contribution in [2.45, 2.75) is 32.7 Å². The van der Waals surface area contributed by atoms with Crippen LogP contribution in [0.4, 0.5) is 5.69 Å². The highest BCUT2D eigenvalue weighted by atomic mass is 35.5. The molecule has 0 unspecified atom stereocenters. The Morgan fingerprint density at radius 2 is 2.00 bits per heavy atom. The summed E-state index contributed by atoms with van der Waals surface area (Å²) in [7, 11) is 0. The van der Waals surface area contributed by atoms with E-state index in [4.69, 9.17) is 16.3 Å². The molecule has 0 radical (unpaired) electrons. The molecule has 1 N–H and O–H groups in total. The van der Waals surface area contributed by atoms with E-state index in [0.717, 1.165) is 24.3 Å². The van der Waals surface area contributed by atoms with Gasteiger partial charge in [0.2, 0.25) is 0 Å². The number of aliphatic hydroxyl groups excluding tert-OH is 1. The summed E-state index contributed by atoms with van der Waals surface area (Å²) in [4.78, 5) is 2.25. The monoisotopic (exact) mass is 255 g/mol. The fourth-order valence-corrected chi connectivity index (χ4v) is 2.56. The van der Waals surface area contributed by atoms with Crippen LogP contribution in [0.2, 0.25) is 5.02 Å². The zero-order chi connectivity index (χ0) is 12.4. The predicted molar refractivity (Wildman–Crippen MR) is 69.6 cm³/mol. The second-order valence-electron chi connectivity index (χ2n) is 4.59. The number of anilines is 1. The summed E-state index contributed by atoms with van der Waals surface area (Å²) in [5.41, 5.74) is 1.93. The number of aliphatic hydroxyl groups is 1. The lowest BCUT2D eigenvalue weighted by Gasteiger charge is -2.37. The molecular weight excluding hydrogens is 238 g/mol. The number of morpholine rings is 1. The Morgan fingerprint density at radius 1 is 1.35 bits per heavy atom. The van der Waals surface area contributed by atoms with E-state index in [1.165, 1.54) is 0 Å². The average Bonchev–Trinajstić information content (AvgIpc) is 2.27. The van der Waals surface area contributed by atoms with E-state index in [1.807, 2.05) is 18.2 Å². The Bertz CT molecular complexity index is 387. The molecule has 4 heteroatoms. The maximum Gasteiger partial charge on any atom is 0.0726 e. The smallest absolute Gasteiger partial charge is 0.0726 e. The molecule has 17 heavy (non-hydrogen) atoms. The van der Waals surface area contributed by atoms with Gasteiger partial charge in [0.15, 0.2) is 0 Å². The van der Waals surface area contributed by atoms with Gasteiger partial charge < -0.3 is 14.7 Å². The number of hydrogen-bond acceptors (Lipinski definition) is 3. The van der Waals surface area contributed by atoms with E-state index < -0.39 is 0 Å². The van der Waals surface area contributed by atoms with E-state index in [2.05, 4.69) is 18.7 Å². The van der Waals surface area contributed by atoms with Crippen LogP contribution in [0.5, 0.6) is 0 Å². The summed E-state index contributed by atoms with van der Waals surface area (Å²) < 4.78 is 5.70. The zero-order valence-electron chi connectivity index (χ0n) is 10.2. The fraction of sp³-hybridized carbons (Fsp3) is 0.538. The fourth-order valence-electron chi connectivity index (χ4n) is 2.36. The second-order valence-corrected chi connectivity index (χ2v) is 5.03. The summed E-state index contributed by atoms with van der Waals surface area (Å²) in [5.74, 6) is 0. The third-order valence-corrected chi connectivity index (χ3v) is 3.21. The average molecular weight is 256 g/mol. The number of hydrogen-bond donors (Lipinski definition) is 1. The standard InChI is InChI=1S/C13H18ClNO2/c1-9-6-15(7-10(2)17-9)13-4-3-12(14)5-11(13)8-16/h3-5,9-10,16H,6-8H2,1-2H3/t9-,10+. The van der Waals surface area contributed by atoms with Crippen LogP contribution in [-0.4, -0.2) is 30.4 Å². The quantitative estimate of drug-likeness (QED) is 0.881. The van der Waals surface area contributed by atoms with Crippen LogP contribution in [0.25, 0.3) is 0 Å². The van der Waals surface area contributed by atoms with E-state index in [9.17, 15) is 5.11 Å². The molecule has 1 aromatic carbocycles. The summed E-state index contributed by atoms with van der Waals surface area (Å²) >= 11 is 5.94. The van der Waals surface area contributed by atoms with Crippen LogP contribution < -0.4 is 4.90 Å². The number of halogens is 1. The first kappa shape index (κ1) is 12.7. The Labute approximate surface area is 107 Å². The molecule has 0 amide bonds. The summed E-state index contributed by atoms with van der Waals surface area (Å²) in [6.45, 7) is 5.84. The third kappa shape index (κ3) is 2.92. The first-order valence-electron chi connectivity index (χ1n) is 5.90. The van der Waals surface area contributed by atoms with Crippen LogP contribution in [0, 0.1) is 0 Å². The molecule has 0 spiro atoms. The van der Waals surface area contributed by atoms with Crippen molar-refractivity contribution >= 4 is 17.3 Å². The minimum atomic E-state index is 0.00993. The summed E-state index contributed by atoms with van der Waals surface area (Å²) in [6.07, 6.45) is 0.418. The van der Waals surface area contributed by atoms with Crippen molar-refractivity contribution in [3.63, 3.8) is 0 Å². The maximum atomic E-state index is 9.39. The Balaban J connectivity index is 2.26. The lowest BCUT2D eigenvalue weighted by atomic mass is 10.1. The molecule has 0 aromatic heterocycles. The van der Waals surface area contributed by atoms with Crippen LogP contribution in [0.1, 0.15) is 19.4 Å². The minimum absolute atomic E-state index is 0.00993. The lowest BCUT2D eigenvalue weighted by molar-refractivity contribution is -0.00531. The molecule has 2 rings (SSSR count). The number of benzene rings is 1. The molecule has 0 saturated carbocycles. The van der Waals surface area contributed by atoms with Gasteiger partial charge in [0, 0.05) is 29.4 Å².